The monoisotopic (exact) mass is 472 g/mol. The second-order valence-electron chi connectivity index (χ2n) is 8.41. The Morgan fingerprint density at radius 3 is 2.44 bits per heavy atom. The highest BCUT2D eigenvalue weighted by Gasteiger charge is 2.22. The Hall–Kier alpha value is -3.64. The lowest BCUT2D eigenvalue weighted by molar-refractivity contribution is -0.133. The molecule has 1 aromatic heterocycles. The molecule has 34 heavy (non-hydrogen) atoms. The molecule has 1 saturated heterocycles. The van der Waals surface area contributed by atoms with Crippen molar-refractivity contribution in [2.24, 2.45) is 0 Å². The maximum absolute atomic E-state index is 12.6. The van der Waals surface area contributed by atoms with Crippen molar-refractivity contribution in [2.45, 2.75) is 6.92 Å². The number of amides is 1. The molecule has 4 aromatic rings. The second kappa shape index (κ2) is 9.69. The van der Waals surface area contributed by atoms with E-state index in [0.717, 1.165) is 22.6 Å². The minimum Gasteiger partial charge on any atom is -0.484 e. The number of rotatable bonds is 5. The van der Waals surface area contributed by atoms with Crippen LogP contribution < -0.4 is 9.64 Å². The van der Waals surface area contributed by atoms with Crippen LogP contribution in [-0.2, 0) is 4.79 Å². The predicted molar refractivity (Wildman–Crippen MR) is 135 cm³/mol. The number of benzene rings is 3. The Labute approximate surface area is 203 Å². The zero-order chi connectivity index (χ0) is 23.5. The first-order chi connectivity index (χ1) is 16.6. The molecule has 5 rings (SSSR count). The second-order valence-corrected chi connectivity index (χ2v) is 8.81. The molecule has 0 N–H and O–H groups in total. The predicted octanol–water partition coefficient (Wildman–Crippen LogP) is 4.99. The zero-order valence-electron chi connectivity index (χ0n) is 18.9. The van der Waals surface area contributed by atoms with Gasteiger partial charge in [-0.3, -0.25) is 4.79 Å². The van der Waals surface area contributed by atoms with Crippen LogP contribution in [0.3, 0.4) is 0 Å². The topological polar surface area (TPSA) is 58.6 Å². The highest BCUT2D eigenvalue weighted by atomic mass is 35.5. The minimum atomic E-state index is -0.0232. The number of hydrogen-bond acceptors (Lipinski definition) is 5. The summed E-state index contributed by atoms with van der Waals surface area (Å²) in [5.74, 6) is 1.45. The SMILES string of the molecule is Cc1cc(OCC(=O)N2CCN(c3ccc(-c4ccc5ccccc5c4)nn3)CC2)ccc1Cl. The van der Waals surface area contributed by atoms with Gasteiger partial charge in [-0.15, -0.1) is 10.2 Å². The van der Waals surface area contributed by atoms with E-state index in [0.29, 0.717) is 37.0 Å². The van der Waals surface area contributed by atoms with Gasteiger partial charge in [0.1, 0.15) is 5.75 Å². The van der Waals surface area contributed by atoms with Gasteiger partial charge in [-0.05, 0) is 59.7 Å². The third kappa shape index (κ3) is 4.82. The van der Waals surface area contributed by atoms with E-state index in [2.05, 4.69) is 45.4 Å². The smallest absolute Gasteiger partial charge is 0.260 e. The van der Waals surface area contributed by atoms with Crippen LogP contribution in [0, 0.1) is 6.92 Å². The lowest BCUT2D eigenvalue weighted by Gasteiger charge is -2.35. The number of piperazine rings is 1. The van der Waals surface area contributed by atoms with E-state index in [1.807, 2.05) is 42.2 Å². The molecule has 2 heterocycles. The van der Waals surface area contributed by atoms with Crippen molar-refractivity contribution in [3.8, 4) is 17.0 Å². The molecule has 0 bridgehead atoms. The highest BCUT2D eigenvalue weighted by Crippen LogP contribution is 2.24. The average molecular weight is 473 g/mol. The van der Waals surface area contributed by atoms with Crippen molar-refractivity contribution >= 4 is 34.1 Å². The van der Waals surface area contributed by atoms with Crippen LogP contribution in [0.25, 0.3) is 22.0 Å². The van der Waals surface area contributed by atoms with Crippen molar-refractivity contribution in [1.29, 1.82) is 0 Å². The van der Waals surface area contributed by atoms with Crippen LogP contribution in [0.15, 0.2) is 72.8 Å². The fourth-order valence-corrected chi connectivity index (χ4v) is 4.24. The number of aryl methyl sites for hydroxylation is 1. The van der Waals surface area contributed by atoms with Gasteiger partial charge >= 0.3 is 0 Å². The van der Waals surface area contributed by atoms with Crippen molar-refractivity contribution in [3.63, 3.8) is 0 Å². The van der Waals surface area contributed by atoms with E-state index in [1.54, 1.807) is 12.1 Å². The van der Waals surface area contributed by atoms with Crippen LogP contribution in [0.1, 0.15) is 5.56 Å². The number of hydrogen-bond donors (Lipinski definition) is 0. The molecule has 1 aliphatic heterocycles. The van der Waals surface area contributed by atoms with E-state index < -0.39 is 0 Å². The lowest BCUT2D eigenvalue weighted by Crippen LogP contribution is -2.50. The Morgan fingerprint density at radius 1 is 0.912 bits per heavy atom. The maximum atomic E-state index is 12.6. The largest absolute Gasteiger partial charge is 0.484 e. The summed E-state index contributed by atoms with van der Waals surface area (Å²) in [6.07, 6.45) is 0. The van der Waals surface area contributed by atoms with Crippen molar-refractivity contribution in [1.82, 2.24) is 15.1 Å². The van der Waals surface area contributed by atoms with E-state index in [-0.39, 0.29) is 12.5 Å². The number of fused-ring (bicyclic) bond motifs is 1. The molecule has 0 atom stereocenters. The minimum absolute atomic E-state index is 0.0152. The van der Waals surface area contributed by atoms with Crippen molar-refractivity contribution in [2.75, 3.05) is 37.7 Å². The third-order valence-corrected chi connectivity index (χ3v) is 6.57. The van der Waals surface area contributed by atoms with Gasteiger partial charge in [0.05, 0.1) is 5.69 Å². The number of halogens is 1. The first-order valence-electron chi connectivity index (χ1n) is 11.3. The van der Waals surface area contributed by atoms with E-state index in [9.17, 15) is 4.79 Å². The number of carbonyl (C=O) groups excluding carboxylic acids is 1. The normalized spacial score (nSPS) is 13.8. The summed E-state index contributed by atoms with van der Waals surface area (Å²) in [7, 11) is 0. The number of nitrogens with zero attached hydrogens (tertiary/aromatic N) is 4. The fraction of sp³-hybridized carbons (Fsp3) is 0.222. The summed E-state index contributed by atoms with van der Waals surface area (Å²) in [5.41, 5.74) is 2.81. The standard InChI is InChI=1S/C27H25ClN4O2/c1-19-16-23(8-9-24(19)28)34-18-27(33)32-14-12-31(13-15-32)26-11-10-25(29-30-26)22-7-6-20-4-2-3-5-21(20)17-22/h2-11,16-17H,12-15,18H2,1H3. The Balaban J connectivity index is 1.16. The molecule has 0 saturated carbocycles. The summed E-state index contributed by atoms with van der Waals surface area (Å²) >= 11 is 6.05. The Bertz CT molecular complexity index is 1320. The molecule has 7 heteroatoms. The van der Waals surface area contributed by atoms with Crippen molar-refractivity contribution < 1.29 is 9.53 Å². The molecule has 1 aliphatic rings. The van der Waals surface area contributed by atoms with Gasteiger partial charge < -0.3 is 14.5 Å². The van der Waals surface area contributed by atoms with Gasteiger partial charge in [-0.2, -0.15) is 0 Å². The van der Waals surface area contributed by atoms with Gasteiger partial charge in [-0.1, -0.05) is 48.0 Å². The average Bonchev–Trinajstić information content (AvgIpc) is 2.89. The summed E-state index contributed by atoms with van der Waals surface area (Å²) in [6, 6.07) is 24.0. The zero-order valence-corrected chi connectivity index (χ0v) is 19.7. The molecule has 6 nitrogen and oxygen atoms in total. The molecule has 1 amide bonds. The Morgan fingerprint density at radius 2 is 1.71 bits per heavy atom. The molecule has 0 spiro atoms. The number of ether oxygens (including phenoxy) is 1. The molecule has 0 radical (unpaired) electrons. The third-order valence-electron chi connectivity index (χ3n) is 6.14. The van der Waals surface area contributed by atoms with Crippen LogP contribution >= 0.6 is 11.6 Å². The fourth-order valence-electron chi connectivity index (χ4n) is 4.12. The van der Waals surface area contributed by atoms with E-state index in [4.69, 9.17) is 16.3 Å². The van der Waals surface area contributed by atoms with Crippen LogP contribution in [-0.4, -0.2) is 53.8 Å². The molecule has 0 aliphatic carbocycles. The van der Waals surface area contributed by atoms with Crippen LogP contribution in [0.5, 0.6) is 5.75 Å². The van der Waals surface area contributed by atoms with Crippen molar-refractivity contribution in [3.05, 3.63) is 83.4 Å². The summed E-state index contributed by atoms with van der Waals surface area (Å²) < 4.78 is 5.66. The molecule has 1 fully saturated rings. The number of carbonyl (C=O) groups is 1. The van der Waals surface area contributed by atoms with Crippen LogP contribution in [0.2, 0.25) is 5.02 Å². The van der Waals surface area contributed by atoms with Gasteiger partial charge in [0.2, 0.25) is 0 Å². The molecular weight excluding hydrogens is 448 g/mol. The molecular formula is C27H25ClN4O2. The lowest BCUT2D eigenvalue weighted by atomic mass is 10.1. The van der Waals surface area contributed by atoms with E-state index in [1.165, 1.54) is 10.8 Å². The highest BCUT2D eigenvalue weighted by molar-refractivity contribution is 6.31. The quantitative estimate of drug-likeness (QED) is 0.409. The van der Waals surface area contributed by atoms with Crippen LogP contribution in [0.4, 0.5) is 5.82 Å². The molecule has 0 unspecified atom stereocenters. The van der Waals surface area contributed by atoms with Gasteiger partial charge in [0, 0.05) is 36.8 Å². The molecule has 172 valence electrons. The number of anilines is 1. The maximum Gasteiger partial charge on any atom is 0.260 e. The van der Waals surface area contributed by atoms with Gasteiger partial charge in [0.25, 0.3) is 5.91 Å². The first-order valence-corrected chi connectivity index (χ1v) is 11.7. The summed E-state index contributed by atoms with van der Waals surface area (Å²) in [5, 5.41) is 12.0. The van der Waals surface area contributed by atoms with Gasteiger partial charge in [0.15, 0.2) is 12.4 Å². The Kier molecular flexibility index (Phi) is 6.32. The molecule has 3 aromatic carbocycles. The number of aromatic nitrogens is 2. The first kappa shape index (κ1) is 22.2. The van der Waals surface area contributed by atoms with E-state index >= 15 is 0 Å². The van der Waals surface area contributed by atoms with Gasteiger partial charge in [-0.25, -0.2) is 0 Å². The summed E-state index contributed by atoms with van der Waals surface area (Å²) in [4.78, 5) is 16.6. The summed E-state index contributed by atoms with van der Waals surface area (Å²) in [6.45, 7) is 4.58.